The molecular weight excluding hydrogens is 250 g/mol. The number of rotatable bonds is 5. The minimum atomic E-state index is -0.151. The molecule has 0 atom stereocenters. The topological polar surface area (TPSA) is 38.3 Å². The average Bonchev–Trinajstić information content (AvgIpc) is 2.45. The number of ether oxygens (including phenoxy) is 1. The fourth-order valence-corrected chi connectivity index (χ4v) is 1.91. The predicted molar refractivity (Wildman–Crippen MR) is 81.4 cm³/mol. The van der Waals surface area contributed by atoms with Crippen LogP contribution >= 0.6 is 0 Å². The Bertz CT molecular complexity index is 593. The lowest BCUT2D eigenvalue weighted by Gasteiger charge is -2.11. The molecule has 0 aliphatic heterocycles. The largest absolute Gasteiger partial charge is 0.493 e. The summed E-state index contributed by atoms with van der Waals surface area (Å²) in [7, 11) is 0. The highest BCUT2D eigenvalue weighted by Gasteiger charge is 2.12. The van der Waals surface area contributed by atoms with Gasteiger partial charge in [-0.1, -0.05) is 31.2 Å². The third-order valence-corrected chi connectivity index (χ3v) is 2.87. The van der Waals surface area contributed by atoms with Gasteiger partial charge in [0.25, 0.3) is 5.91 Å². The van der Waals surface area contributed by atoms with Crippen LogP contribution in [0.5, 0.6) is 5.75 Å². The summed E-state index contributed by atoms with van der Waals surface area (Å²) < 4.78 is 5.61. The molecule has 0 saturated carbocycles. The van der Waals surface area contributed by atoms with Gasteiger partial charge >= 0.3 is 0 Å². The van der Waals surface area contributed by atoms with Crippen LogP contribution in [-0.2, 0) is 0 Å². The Morgan fingerprint density at radius 2 is 1.95 bits per heavy atom. The van der Waals surface area contributed by atoms with Crippen LogP contribution in [0.1, 0.15) is 29.3 Å². The first-order valence-corrected chi connectivity index (χ1v) is 6.80. The van der Waals surface area contributed by atoms with Crippen molar-refractivity contribution in [2.24, 2.45) is 0 Å². The molecule has 0 unspecified atom stereocenters. The van der Waals surface area contributed by atoms with E-state index < -0.39 is 0 Å². The van der Waals surface area contributed by atoms with Crippen LogP contribution in [0.3, 0.4) is 0 Å². The maximum atomic E-state index is 12.3. The van der Waals surface area contributed by atoms with Crippen molar-refractivity contribution in [1.29, 1.82) is 0 Å². The summed E-state index contributed by atoms with van der Waals surface area (Å²) in [5, 5.41) is 2.90. The highest BCUT2D eigenvalue weighted by Crippen LogP contribution is 2.20. The Morgan fingerprint density at radius 1 is 1.15 bits per heavy atom. The summed E-state index contributed by atoms with van der Waals surface area (Å²) in [5.74, 6) is 0.474. The number of anilines is 1. The number of amides is 1. The third kappa shape index (κ3) is 3.60. The van der Waals surface area contributed by atoms with Crippen molar-refractivity contribution in [2.75, 3.05) is 11.9 Å². The average molecular weight is 269 g/mol. The molecule has 0 bridgehead atoms. The van der Waals surface area contributed by atoms with Gasteiger partial charge in [-0.15, -0.1) is 0 Å². The lowest BCUT2D eigenvalue weighted by molar-refractivity contribution is 0.102. The minimum absolute atomic E-state index is 0.151. The van der Waals surface area contributed by atoms with Crippen LogP contribution in [0.2, 0.25) is 0 Å². The van der Waals surface area contributed by atoms with E-state index in [-0.39, 0.29) is 5.91 Å². The second kappa shape index (κ2) is 6.75. The van der Waals surface area contributed by atoms with Crippen molar-refractivity contribution in [3.05, 3.63) is 59.7 Å². The van der Waals surface area contributed by atoms with Gasteiger partial charge in [-0.25, -0.2) is 0 Å². The molecule has 3 nitrogen and oxygen atoms in total. The SMILES string of the molecule is CCCOc1ccccc1C(=O)Nc1cccc(C)c1. The molecule has 0 aliphatic carbocycles. The Balaban J connectivity index is 2.16. The third-order valence-electron chi connectivity index (χ3n) is 2.87. The number of aryl methyl sites for hydroxylation is 1. The van der Waals surface area contributed by atoms with Crippen molar-refractivity contribution in [3.8, 4) is 5.75 Å². The van der Waals surface area contributed by atoms with Gasteiger partial charge in [0.1, 0.15) is 5.75 Å². The van der Waals surface area contributed by atoms with Gasteiger partial charge in [0.2, 0.25) is 0 Å². The van der Waals surface area contributed by atoms with Crippen molar-refractivity contribution >= 4 is 11.6 Å². The van der Waals surface area contributed by atoms with E-state index in [2.05, 4.69) is 5.32 Å². The maximum Gasteiger partial charge on any atom is 0.259 e. The Morgan fingerprint density at radius 3 is 2.70 bits per heavy atom. The predicted octanol–water partition coefficient (Wildman–Crippen LogP) is 4.04. The van der Waals surface area contributed by atoms with Crippen LogP contribution in [-0.4, -0.2) is 12.5 Å². The normalized spacial score (nSPS) is 10.1. The molecule has 1 N–H and O–H groups in total. The molecule has 0 heterocycles. The van der Waals surface area contributed by atoms with Crippen molar-refractivity contribution in [3.63, 3.8) is 0 Å². The lowest BCUT2D eigenvalue weighted by atomic mass is 10.1. The molecule has 0 saturated heterocycles. The molecular formula is C17H19NO2. The van der Waals surface area contributed by atoms with Gasteiger partial charge < -0.3 is 10.1 Å². The van der Waals surface area contributed by atoms with E-state index in [4.69, 9.17) is 4.74 Å². The number of hydrogen-bond acceptors (Lipinski definition) is 2. The molecule has 20 heavy (non-hydrogen) atoms. The summed E-state index contributed by atoms with van der Waals surface area (Å²) in [5.41, 5.74) is 2.46. The second-order valence-electron chi connectivity index (χ2n) is 4.67. The first-order valence-electron chi connectivity index (χ1n) is 6.80. The van der Waals surface area contributed by atoms with E-state index in [0.29, 0.717) is 17.9 Å². The fourth-order valence-electron chi connectivity index (χ4n) is 1.91. The number of carbonyl (C=O) groups excluding carboxylic acids is 1. The quantitative estimate of drug-likeness (QED) is 0.889. The monoisotopic (exact) mass is 269 g/mol. The minimum Gasteiger partial charge on any atom is -0.493 e. The second-order valence-corrected chi connectivity index (χ2v) is 4.67. The van der Waals surface area contributed by atoms with E-state index in [0.717, 1.165) is 17.7 Å². The summed E-state index contributed by atoms with van der Waals surface area (Å²) in [6.07, 6.45) is 0.911. The molecule has 2 aromatic rings. The standard InChI is InChI=1S/C17H19NO2/c1-3-11-20-16-10-5-4-9-15(16)17(19)18-14-8-6-7-13(2)12-14/h4-10,12H,3,11H2,1-2H3,(H,18,19). The van der Waals surface area contributed by atoms with Crippen molar-refractivity contribution in [1.82, 2.24) is 0 Å². The Labute approximate surface area is 119 Å². The molecule has 2 aromatic carbocycles. The van der Waals surface area contributed by atoms with Crippen LogP contribution < -0.4 is 10.1 Å². The number of para-hydroxylation sites is 1. The molecule has 3 heteroatoms. The van der Waals surface area contributed by atoms with Crippen molar-refractivity contribution in [2.45, 2.75) is 20.3 Å². The summed E-state index contributed by atoms with van der Waals surface area (Å²) in [6, 6.07) is 15.0. The van der Waals surface area contributed by atoms with Crippen LogP contribution in [0.15, 0.2) is 48.5 Å². The molecule has 0 fully saturated rings. The van der Waals surface area contributed by atoms with Gasteiger partial charge in [0.15, 0.2) is 0 Å². The zero-order valence-corrected chi connectivity index (χ0v) is 11.8. The van der Waals surface area contributed by atoms with Crippen LogP contribution in [0, 0.1) is 6.92 Å². The van der Waals surface area contributed by atoms with E-state index >= 15 is 0 Å². The zero-order valence-electron chi connectivity index (χ0n) is 11.8. The van der Waals surface area contributed by atoms with E-state index in [9.17, 15) is 4.79 Å². The number of nitrogens with one attached hydrogen (secondary N) is 1. The first kappa shape index (κ1) is 14.1. The number of hydrogen-bond donors (Lipinski definition) is 1. The van der Waals surface area contributed by atoms with Gasteiger partial charge in [-0.05, 0) is 43.2 Å². The molecule has 104 valence electrons. The lowest BCUT2D eigenvalue weighted by Crippen LogP contribution is -2.13. The smallest absolute Gasteiger partial charge is 0.259 e. The summed E-state index contributed by atoms with van der Waals surface area (Å²) in [4.78, 5) is 12.3. The Hall–Kier alpha value is -2.29. The molecule has 0 spiro atoms. The molecule has 1 amide bonds. The van der Waals surface area contributed by atoms with Gasteiger partial charge in [0.05, 0.1) is 12.2 Å². The summed E-state index contributed by atoms with van der Waals surface area (Å²) in [6.45, 7) is 4.64. The van der Waals surface area contributed by atoms with Gasteiger partial charge in [-0.3, -0.25) is 4.79 Å². The van der Waals surface area contributed by atoms with Gasteiger partial charge in [-0.2, -0.15) is 0 Å². The molecule has 0 radical (unpaired) electrons. The highest BCUT2D eigenvalue weighted by molar-refractivity contribution is 6.06. The van der Waals surface area contributed by atoms with Crippen LogP contribution in [0.25, 0.3) is 0 Å². The highest BCUT2D eigenvalue weighted by atomic mass is 16.5. The van der Waals surface area contributed by atoms with E-state index in [1.165, 1.54) is 0 Å². The zero-order chi connectivity index (χ0) is 14.4. The molecule has 0 aliphatic rings. The molecule has 0 aromatic heterocycles. The first-order chi connectivity index (χ1) is 9.70. The fraction of sp³-hybridized carbons (Fsp3) is 0.235. The number of carbonyl (C=O) groups is 1. The van der Waals surface area contributed by atoms with E-state index in [1.54, 1.807) is 6.07 Å². The Kier molecular flexibility index (Phi) is 4.77. The van der Waals surface area contributed by atoms with Gasteiger partial charge in [0, 0.05) is 5.69 Å². The number of benzene rings is 2. The maximum absolute atomic E-state index is 12.3. The molecule has 2 rings (SSSR count). The van der Waals surface area contributed by atoms with E-state index in [1.807, 2.05) is 56.3 Å². The van der Waals surface area contributed by atoms with Crippen LogP contribution in [0.4, 0.5) is 5.69 Å². The summed E-state index contributed by atoms with van der Waals surface area (Å²) >= 11 is 0. The van der Waals surface area contributed by atoms with Crippen molar-refractivity contribution < 1.29 is 9.53 Å².